The van der Waals surface area contributed by atoms with Crippen molar-refractivity contribution in [3.8, 4) is 0 Å². The quantitative estimate of drug-likeness (QED) is 0.615. The first kappa shape index (κ1) is 13.6. The molecule has 0 spiro atoms. The molecule has 0 aliphatic heterocycles. The first-order chi connectivity index (χ1) is 7.01. The fraction of sp³-hybridized carbons (Fsp3) is 0.600. The molecule has 0 saturated heterocycles. The number of rotatable bonds is 6. The maximum Gasteiger partial charge on any atom is 0.330 e. The third-order valence-electron chi connectivity index (χ3n) is 2.09. The molecule has 0 aliphatic carbocycles. The van der Waals surface area contributed by atoms with Gasteiger partial charge in [-0.15, -0.1) is 0 Å². The first-order valence-electron chi connectivity index (χ1n) is 4.84. The van der Waals surface area contributed by atoms with Crippen molar-refractivity contribution < 1.29 is 14.7 Å². The molecule has 0 aromatic heterocycles. The summed E-state index contributed by atoms with van der Waals surface area (Å²) in [7, 11) is 1.58. The van der Waals surface area contributed by atoms with E-state index in [1.54, 1.807) is 13.1 Å². The SMILES string of the molecule is CCN(CC=C(C)C(=O)O)CC(=O)NC. The molecule has 5 heteroatoms. The number of carboxylic acids is 1. The number of carboxylic acid groups (broad SMARTS) is 1. The van der Waals surface area contributed by atoms with Gasteiger partial charge in [0.1, 0.15) is 0 Å². The van der Waals surface area contributed by atoms with Crippen LogP contribution in [0.4, 0.5) is 0 Å². The Morgan fingerprint density at radius 3 is 2.47 bits per heavy atom. The zero-order valence-corrected chi connectivity index (χ0v) is 9.41. The van der Waals surface area contributed by atoms with Crippen molar-refractivity contribution in [2.45, 2.75) is 13.8 Å². The third kappa shape index (κ3) is 5.85. The van der Waals surface area contributed by atoms with Gasteiger partial charge in [0.25, 0.3) is 0 Å². The van der Waals surface area contributed by atoms with Crippen molar-refractivity contribution in [2.75, 3.05) is 26.7 Å². The predicted octanol–water partition coefficient (Wildman–Crippen LogP) is 0.0852. The number of hydrogen-bond donors (Lipinski definition) is 2. The molecule has 2 N–H and O–H groups in total. The molecule has 0 radical (unpaired) electrons. The fourth-order valence-electron chi connectivity index (χ4n) is 0.941. The second kappa shape index (κ2) is 7.00. The van der Waals surface area contributed by atoms with Gasteiger partial charge in [-0.25, -0.2) is 4.79 Å². The van der Waals surface area contributed by atoms with Gasteiger partial charge in [-0.2, -0.15) is 0 Å². The smallest absolute Gasteiger partial charge is 0.330 e. The number of likely N-dealkylation sites (N-methyl/N-ethyl adjacent to an activating group) is 2. The van der Waals surface area contributed by atoms with Gasteiger partial charge in [0.2, 0.25) is 5.91 Å². The summed E-state index contributed by atoms with van der Waals surface area (Å²) in [6.07, 6.45) is 1.61. The van der Waals surface area contributed by atoms with E-state index in [0.29, 0.717) is 18.7 Å². The van der Waals surface area contributed by atoms with Crippen LogP contribution in [0.1, 0.15) is 13.8 Å². The van der Waals surface area contributed by atoms with Crippen molar-refractivity contribution in [3.63, 3.8) is 0 Å². The highest BCUT2D eigenvalue weighted by Gasteiger charge is 2.06. The van der Waals surface area contributed by atoms with Crippen LogP contribution < -0.4 is 5.32 Å². The van der Waals surface area contributed by atoms with E-state index in [-0.39, 0.29) is 12.5 Å². The molecule has 86 valence electrons. The molecule has 1 amide bonds. The van der Waals surface area contributed by atoms with E-state index in [0.717, 1.165) is 0 Å². The molecule has 15 heavy (non-hydrogen) atoms. The third-order valence-corrected chi connectivity index (χ3v) is 2.09. The molecule has 0 aromatic rings. The minimum absolute atomic E-state index is 0.0711. The Balaban J connectivity index is 4.16. The Morgan fingerprint density at radius 2 is 2.07 bits per heavy atom. The lowest BCUT2D eigenvalue weighted by Gasteiger charge is -2.17. The van der Waals surface area contributed by atoms with Gasteiger partial charge >= 0.3 is 5.97 Å². The lowest BCUT2D eigenvalue weighted by molar-refractivity contribution is -0.132. The number of nitrogens with zero attached hydrogens (tertiary/aromatic N) is 1. The Labute approximate surface area is 89.8 Å². The van der Waals surface area contributed by atoms with E-state index in [4.69, 9.17) is 5.11 Å². The second-order valence-electron chi connectivity index (χ2n) is 3.19. The molecule has 0 unspecified atom stereocenters. The van der Waals surface area contributed by atoms with Gasteiger partial charge < -0.3 is 10.4 Å². The summed E-state index contributed by atoms with van der Waals surface area (Å²) in [6.45, 7) is 4.93. The summed E-state index contributed by atoms with van der Waals surface area (Å²) < 4.78 is 0. The molecule has 0 aliphatic rings. The van der Waals surface area contributed by atoms with Crippen LogP contribution >= 0.6 is 0 Å². The highest BCUT2D eigenvalue weighted by molar-refractivity contribution is 5.85. The molecule has 0 aromatic carbocycles. The number of nitrogens with one attached hydrogen (secondary N) is 1. The summed E-state index contributed by atoms with van der Waals surface area (Å²) in [4.78, 5) is 23.4. The predicted molar refractivity (Wildman–Crippen MR) is 57.6 cm³/mol. The summed E-state index contributed by atoms with van der Waals surface area (Å²) in [5, 5.41) is 11.2. The fourth-order valence-corrected chi connectivity index (χ4v) is 0.941. The highest BCUT2D eigenvalue weighted by atomic mass is 16.4. The normalized spacial score (nSPS) is 11.6. The van der Waals surface area contributed by atoms with Crippen LogP contribution in [0.2, 0.25) is 0 Å². The summed E-state index contributed by atoms with van der Waals surface area (Å²) in [5.41, 5.74) is 0.297. The number of hydrogen-bond acceptors (Lipinski definition) is 3. The Bertz CT molecular complexity index is 261. The lowest BCUT2D eigenvalue weighted by atomic mass is 10.3. The minimum Gasteiger partial charge on any atom is -0.478 e. The van der Waals surface area contributed by atoms with Gasteiger partial charge in [0.15, 0.2) is 0 Å². The number of amides is 1. The summed E-state index contributed by atoms with van der Waals surface area (Å²) >= 11 is 0. The molecular weight excluding hydrogens is 196 g/mol. The van der Waals surface area contributed by atoms with Crippen LogP contribution in [-0.4, -0.2) is 48.6 Å². The zero-order valence-electron chi connectivity index (χ0n) is 9.41. The van der Waals surface area contributed by atoms with E-state index in [1.807, 2.05) is 11.8 Å². The van der Waals surface area contributed by atoms with E-state index < -0.39 is 5.97 Å². The van der Waals surface area contributed by atoms with Crippen molar-refractivity contribution in [3.05, 3.63) is 11.6 Å². The van der Waals surface area contributed by atoms with Crippen LogP contribution in [0.25, 0.3) is 0 Å². The standard InChI is InChI=1S/C10H18N2O3/c1-4-12(7-9(13)11-3)6-5-8(2)10(14)15/h5H,4,6-7H2,1-3H3,(H,11,13)(H,14,15). The monoisotopic (exact) mass is 214 g/mol. The van der Waals surface area contributed by atoms with Gasteiger partial charge in [-0.05, 0) is 13.5 Å². The second-order valence-corrected chi connectivity index (χ2v) is 3.19. The largest absolute Gasteiger partial charge is 0.478 e. The number of carbonyl (C=O) groups is 2. The van der Waals surface area contributed by atoms with Gasteiger partial charge in [0.05, 0.1) is 6.54 Å². The van der Waals surface area contributed by atoms with Crippen LogP contribution in [0.3, 0.4) is 0 Å². The molecule has 0 bridgehead atoms. The topological polar surface area (TPSA) is 69.6 Å². The van der Waals surface area contributed by atoms with Crippen molar-refractivity contribution >= 4 is 11.9 Å². The first-order valence-corrected chi connectivity index (χ1v) is 4.84. The van der Waals surface area contributed by atoms with Crippen LogP contribution in [0, 0.1) is 0 Å². The van der Waals surface area contributed by atoms with E-state index in [1.165, 1.54) is 6.92 Å². The van der Waals surface area contributed by atoms with Crippen LogP contribution in [-0.2, 0) is 9.59 Å². The van der Waals surface area contributed by atoms with E-state index in [2.05, 4.69) is 5.32 Å². The zero-order chi connectivity index (χ0) is 11.8. The van der Waals surface area contributed by atoms with E-state index >= 15 is 0 Å². The van der Waals surface area contributed by atoms with Crippen molar-refractivity contribution in [2.24, 2.45) is 0 Å². The van der Waals surface area contributed by atoms with Crippen LogP contribution in [0.5, 0.6) is 0 Å². The van der Waals surface area contributed by atoms with Crippen molar-refractivity contribution in [1.29, 1.82) is 0 Å². The molecule has 0 fully saturated rings. The lowest BCUT2D eigenvalue weighted by Crippen LogP contribution is -2.35. The highest BCUT2D eigenvalue weighted by Crippen LogP contribution is 1.95. The maximum atomic E-state index is 11.1. The molecule has 0 saturated carbocycles. The number of carbonyl (C=O) groups excluding carboxylic acids is 1. The van der Waals surface area contributed by atoms with Gasteiger partial charge in [-0.1, -0.05) is 13.0 Å². The Kier molecular flexibility index (Phi) is 6.37. The molecule has 0 heterocycles. The molecule has 0 rings (SSSR count). The minimum atomic E-state index is -0.925. The molecule has 0 atom stereocenters. The average Bonchev–Trinajstić information content (AvgIpc) is 2.22. The number of aliphatic carboxylic acids is 1. The van der Waals surface area contributed by atoms with Crippen LogP contribution in [0.15, 0.2) is 11.6 Å². The molecule has 5 nitrogen and oxygen atoms in total. The molecular formula is C10H18N2O3. The summed E-state index contributed by atoms with van der Waals surface area (Å²) in [6, 6.07) is 0. The Morgan fingerprint density at radius 1 is 1.47 bits per heavy atom. The summed E-state index contributed by atoms with van der Waals surface area (Å²) in [5.74, 6) is -0.996. The average molecular weight is 214 g/mol. The Hall–Kier alpha value is -1.36. The van der Waals surface area contributed by atoms with Gasteiger partial charge in [0, 0.05) is 19.2 Å². The van der Waals surface area contributed by atoms with Crippen molar-refractivity contribution in [1.82, 2.24) is 10.2 Å². The van der Waals surface area contributed by atoms with E-state index in [9.17, 15) is 9.59 Å². The maximum absolute atomic E-state index is 11.1. The van der Waals surface area contributed by atoms with Gasteiger partial charge in [-0.3, -0.25) is 9.69 Å².